The van der Waals surface area contributed by atoms with Crippen molar-refractivity contribution in [2.24, 2.45) is 0 Å². The Morgan fingerprint density at radius 3 is 2.70 bits per heavy atom. The number of fused-ring (bicyclic) bond motifs is 1. The van der Waals surface area contributed by atoms with E-state index in [0.717, 1.165) is 4.54 Å². The minimum absolute atomic E-state index is 0.750. The molecule has 2 heterocycles. The lowest BCUT2D eigenvalue weighted by Crippen LogP contribution is -2.22. The third kappa shape index (κ3) is 0.556. The van der Waals surface area contributed by atoms with Crippen molar-refractivity contribution in [2.75, 3.05) is 0 Å². The van der Waals surface area contributed by atoms with Crippen molar-refractivity contribution in [1.82, 2.24) is 9.15 Å². The Balaban J connectivity index is 3.07. The summed E-state index contributed by atoms with van der Waals surface area (Å²) in [5.74, 6) is 0. The third-order valence-corrected chi connectivity index (χ3v) is 1.35. The van der Waals surface area contributed by atoms with Gasteiger partial charge in [0.2, 0.25) is 6.20 Å². The molecule has 2 aromatic heterocycles. The Bertz CT molecular complexity index is 400. The fourth-order valence-electron chi connectivity index (χ4n) is 0.889. The minimum Gasteiger partial charge on any atom is -0.129 e. The summed E-state index contributed by atoms with van der Waals surface area (Å²) in [6.45, 7) is 0. The van der Waals surface area contributed by atoms with Crippen LogP contribution in [0.3, 0.4) is 0 Å². The van der Waals surface area contributed by atoms with Crippen LogP contribution in [0.1, 0.15) is 0 Å². The number of aromatic nitrogens is 3. The van der Waals surface area contributed by atoms with Crippen LogP contribution in [0.5, 0.6) is 0 Å². The molecule has 0 radical (unpaired) electrons. The second-order valence-electron chi connectivity index (χ2n) is 1.98. The van der Waals surface area contributed by atoms with Gasteiger partial charge in [0.25, 0.3) is 0 Å². The van der Waals surface area contributed by atoms with Crippen LogP contribution in [-0.2, 0) is 0 Å². The van der Waals surface area contributed by atoms with Crippen molar-refractivity contribution >= 4 is 0 Å². The summed E-state index contributed by atoms with van der Waals surface area (Å²) in [4.78, 5) is 10.8. The van der Waals surface area contributed by atoms with Gasteiger partial charge in [-0.2, -0.15) is 0 Å². The first-order valence-electron chi connectivity index (χ1n) is 2.95. The second-order valence-corrected chi connectivity index (χ2v) is 1.98. The van der Waals surface area contributed by atoms with Crippen molar-refractivity contribution in [3.05, 3.63) is 41.8 Å². The van der Waals surface area contributed by atoms with Crippen molar-refractivity contribution in [3.63, 3.8) is 0 Å². The maximum absolute atomic E-state index is 10.8. The van der Waals surface area contributed by atoms with Crippen LogP contribution in [0.15, 0.2) is 36.9 Å². The highest BCUT2D eigenvalue weighted by atomic mass is 16.3. The molecule has 0 bridgehead atoms. The molecule has 0 unspecified atom stereocenters. The van der Waals surface area contributed by atoms with E-state index in [0.29, 0.717) is 0 Å². The quantitative estimate of drug-likeness (QED) is 0.467. The lowest BCUT2D eigenvalue weighted by Gasteiger charge is -1.81. The Labute approximate surface area is 56.5 Å². The Hall–Kier alpha value is -1.58. The maximum Gasteiger partial charge on any atom is 0.207 e. The SMILES string of the molecule is O=[n+]1ccn2ccccn21. The van der Waals surface area contributed by atoms with Crippen molar-refractivity contribution in [3.8, 4) is 0 Å². The normalized spacial score (nSPS) is 10.4. The zero-order valence-corrected chi connectivity index (χ0v) is 5.21. The molecule has 2 rings (SSSR count). The summed E-state index contributed by atoms with van der Waals surface area (Å²) in [5.41, 5.74) is 0. The Morgan fingerprint density at radius 1 is 1.10 bits per heavy atom. The van der Waals surface area contributed by atoms with Crippen molar-refractivity contribution in [2.45, 2.75) is 0 Å². The zero-order chi connectivity index (χ0) is 6.97. The van der Waals surface area contributed by atoms with Crippen LogP contribution < -0.4 is 4.54 Å². The molecule has 0 amide bonds. The monoisotopic (exact) mass is 136 g/mol. The van der Waals surface area contributed by atoms with Gasteiger partial charge in [-0.05, 0) is 21.7 Å². The fraction of sp³-hybridized carbons (Fsp3) is 0. The molecule has 0 N–H and O–H groups in total. The highest BCUT2D eigenvalue weighted by Crippen LogP contribution is 1.82. The van der Waals surface area contributed by atoms with Gasteiger partial charge in [0, 0.05) is 0 Å². The molecule has 0 aliphatic carbocycles. The topological polar surface area (TPSA) is 31.8 Å². The van der Waals surface area contributed by atoms with Gasteiger partial charge < -0.3 is 0 Å². The molecule has 4 heteroatoms. The summed E-state index contributed by atoms with van der Waals surface area (Å²) < 4.78 is 3.88. The Kier molecular flexibility index (Phi) is 0.887. The summed E-state index contributed by atoms with van der Waals surface area (Å²) in [6.07, 6.45) is 6.62. The van der Waals surface area contributed by atoms with Gasteiger partial charge in [0.1, 0.15) is 6.20 Å². The fourth-order valence-corrected chi connectivity index (χ4v) is 0.889. The van der Waals surface area contributed by atoms with Gasteiger partial charge >= 0.3 is 0 Å². The summed E-state index contributed by atoms with van der Waals surface area (Å²) >= 11 is 0. The van der Waals surface area contributed by atoms with Gasteiger partial charge in [0.15, 0.2) is 6.20 Å². The number of hydrogen-bond donors (Lipinski definition) is 0. The maximum atomic E-state index is 10.8. The van der Waals surface area contributed by atoms with Gasteiger partial charge in [-0.15, -0.1) is 4.52 Å². The van der Waals surface area contributed by atoms with Crippen LogP contribution in [-0.4, -0.2) is 9.15 Å². The van der Waals surface area contributed by atoms with Gasteiger partial charge in [-0.3, -0.25) is 0 Å². The first-order chi connectivity index (χ1) is 4.88. The van der Waals surface area contributed by atoms with E-state index >= 15 is 0 Å². The summed E-state index contributed by atoms with van der Waals surface area (Å²) in [6, 6.07) is 3.66. The summed E-state index contributed by atoms with van der Waals surface area (Å²) in [7, 11) is 0. The molecular formula is C6H6N3O+. The molecular weight excluding hydrogens is 130 g/mol. The zero-order valence-electron chi connectivity index (χ0n) is 5.21. The Morgan fingerprint density at radius 2 is 1.90 bits per heavy atom. The molecule has 0 fully saturated rings. The molecule has 0 saturated carbocycles. The number of hydrogen-bond acceptors (Lipinski definition) is 1. The van der Waals surface area contributed by atoms with E-state index in [9.17, 15) is 4.91 Å². The van der Waals surface area contributed by atoms with E-state index in [2.05, 4.69) is 0 Å². The van der Waals surface area contributed by atoms with E-state index in [-0.39, 0.29) is 0 Å². The average molecular weight is 136 g/mol. The number of rotatable bonds is 0. The molecule has 0 aliphatic rings. The van der Waals surface area contributed by atoms with Gasteiger partial charge in [0.05, 0.1) is 10.7 Å². The smallest absolute Gasteiger partial charge is 0.129 e. The van der Waals surface area contributed by atoms with Gasteiger partial charge in [-0.1, -0.05) is 0 Å². The first kappa shape index (κ1) is 5.22. The van der Waals surface area contributed by atoms with Crippen molar-refractivity contribution < 1.29 is 4.54 Å². The van der Waals surface area contributed by atoms with Crippen LogP contribution in [0, 0.1) is 4.91 Å². The lowest BCUT2D eigenvalue weighted by atomic mass is 10.6. The first-order valence-corrected chi connectivity index (χ1v) is 2.95. The lowest BCUT2D eigenvalue weighted by molar-refractivity contribution is -0.581. The molecule has 0 aromatic carbocycles. The van der Waals surface area contributed by atoms with E-state index in [1.807, 2.05) is 6.07 Å². The predicted octanol–water partition coefficient (Wildman–Crippen LogP) is -0.0467. The highest BCUT2D eigenvalue weighted by molar-refractivity contribution is 4.85. The predicted molar refractivity (Wildman–Crippen MR) is 34.2 cm³/mol. The van der Waals surface area contributed by atoms with Crippen LogP contribution in [0.2, 0.25) is 0 Å². The van der Waals surface area contributed by atoms with E-state index in [1.165, 1.54) is 10.8 Å². The van der Waals surface area contributed by atoms with Gasteiger partial charge in [-0.25, -0.2) is 0 Å². The molecule has 0 aliphatic heterocycles. The second kappa shape index (κ2) is 1.70. The van der Waals surface area contributed by atoms with E-state index in [4.69, 9.17) is 0 Å². The van der Waals surface area contributed by atoms with E-state index in [1.54, 1.807) is 29.2 Å². The molecule has 50 valence electrons. The molecule has 0 saturated heterocycles. The minimum atomic E-state index is 0.750. The third-order valence-electron chi connectivity index (χ3n) is 1.35. The van der Waals surface area contributed by atoms with Crippen LogP contribution in [0.25, 0.3) is 0 Å². The molecule has 0 atom stereocenters. The van der Waals surface area contributed by atoms with Crippen molar-refractivity contribution in [1.29, 1.82) is 0 Å². The van der Waals surface area contributed by atoms with E-state index < -0.39 is 0 Å². The highest BCUT2D eigenvalue weighted by Gasteiger charge is 1.97. The molecule has 10 heavy (non-hydrogen) atoms. The average Bonchev–Trinajstić information content (AvgIpc) is 2.34. The largest absolute Gasteiger partial charge is 0.207 e. The molecule has 2 aromatic rings. The summed E-state index contributed by atoms with van der Waals surface area (Å²) in [5, 5.41) is 0. The molecule has 0 spiro atoms. The molecule has 4 nitrogen and oxygen atoms in total. The van der Waals surface area contributed by atoms with Crippen LogP contribution >= 0.6 is 0 Å². The number of nitrogens with zero attached hydrogens (tertiary/aromatic N) is 3. The standard InChI is InChI=1S/C6H6N3O/c10-9-6-5-7-3-1-2-4-8(7)9/h1-6H/q+1. The van der Waals surface area contributed by atoms with Crippen LogP contribution in [0.4, 0.5) is 0 Å².